The summed E-state index contributed by atoms with van der Waals surface area (Å²) in [6.07, 6.45) is 2.06. The van der Waals surface area contributed by atoms with E-state index in [1.54, 1.807) is 10.9 Å². The summed E-state index contributed by atoms with van der Waals surface area (Å²) in [5, 5.41) is 16.7. The van der Waals surface area contributed by atoms with Crippen molar-refractivity contribution >= 4 is 50.0 Å². The van der Waals surface area contributed by atoms with E-state index in [-0.39, 0.29) is 0 Å². The summed E-state index contributed by atoms with van der Waals surface area (Å²) in [6, 6.07) is 13.5. The number of rotatable bonds is 6. The predicted octanol–water partition coefficient (Wildman–Crippen LogP) is 6.00. The maximum absolute atomic E-state index is 12.6. The van der Waals surface area contributed by atoms with Gasteiger partial charge >= 0.3 is 12.1 Å². The van der Waals surface area contributed by atoms with Gasteiger partial charge in [-0.2, -0.15) is 5.10 Å². The zero-order chi connectivity index (χ0) is 24.6. The van der Waals surface area contributed by atoms with Crippen molar-refractivity contribution in [3.63, 3.8) is 0 Å². The zero-order valence-electron chi connectivity index (χ0n) is 19.2. The van der Waals surface area contributed by atoms with Crippen LogP contribution >= 0.6 is 22.7 Å². The molecule has 9 heteroatoms. The molecule has 1 fully saturated rings. The van der Waals surface area contributed by atoms with Gasteiger partial charge in [0.15, 0.2) is 0 Å². The van der Waals surface area contributed by atoms with Crippen LogP contribution in [0.15, 0.2) is 48.7 Å². The second-order valence-corrected chi connectivity index (χ2v) is 10.6. The molecule has 1 aliphatic carbocycles. The number of carboxylic acid groups (broad SMARTS) is 1. The van der Waals surface area contributed by atoms with Crippen molar-refractivity contribution in [3.05, 3.63) is 69.5 Å². The van der Waals surface area contributed by atoms with Gasteiger partial charge in [0.25, 0.3) is 0 Å². The van der Waals surface area contributed by atoms with E-state index in [0.29, 0.717) is 30.8 Å². The average Bonchev–Trinajstić information content (AvgIpc) is 3.24. The van der Waals surface area contributed by atoms with E-state index in [9.17, 15) is 14.7 Å². The first-order valence-corrected chi connectivity index (χ1v) is 12.9. The van der Waals surface area contributed by atoms with Crippen LogP contribution in [0.25, 0.3) is 9.40 Å². The van der Waals surface area contributed by atoms with E-state index >= 15 is 0 Å². The Bertz CT molecular complexity index is 1440. The summed E-state index contributed by atoms with van der Waals surface area (Å²) < 4.78 is 9.29. The van der Waals surface area contributed by atoms with Crippen LogP contribution in [0, 0.1) is 11.8 Å². The molecule has 3 heterocycles. The van der Waals surface area contributed by atoms with Crippen molar-refractivity contribution in [3.8, 4) is 11.8 Å². The highest BCUT2D eigenvalue weighted by molar-refractivity contribution is 7.28. The largest absolute Gasteiger partial charge is 0.481 e. The summed E-state index contributed by atoms with van der Waals surface area (Å²) in [5.74, 6) is 6.03. The number of nitrogens with zero attached hydrogens (tertiary/aromatic N) is 2. The topological polar surface area (TPSA) is 93.5 Å². The van der Waals surface area contributed by atoms with Gasteiger partial charge in [-0.25, -0.2) is 9.48 Å². The lowest BCUT2D eigenvalue weighted by atomic mass is 10.1. The fourth-order valence-electron chi connectivity index (χ4n) is 3.88. The number of carbonyl (C=O) groups excluding carboxylic acids is 1. The smallest absolute Gasteiger partial charge is 0.413 e. The SMILES string of the molecule is CCn1ncc(C#Cc2cc3sc(C4(C(=O)O)CC4)cc3s2)c1NC(=O)OC(C)c1ccccc1. The number of hydrogen-bond donors (Lipinski definition) is 2. The second kappa shape index (κ2) is 9.21. The Balaban J connectivity index is 1.33. The number of amides is 1. The van der Waals surface area contributed by atoms with Gasteiger partial charge in [0, 0.05) is 20.8 Å². The third-order valence-corrected chi connectivity index (χ3v) is 8.48. The van der Waals surface area contributed by atoms with E-state index in [4.69, 9.17) is 4.74 Å². The molecule has 1 atom stereocenters. The molecule has 0 spiro atoms. The van der Waals surface area contributed by atoms with Crippen molar-refractivity contribution in [1.29, 1.82) is 0 Å². The van der Waals surface area contributed by atoms with Crippen LogP contribution in [0.1, 0.15) is 53.7 Å². The molecule has 5 rings (SSSR count). The van der Waals surface area contributed by atoms with Crippen LogP contribution in [-0.4, -0.2) is 26.9 Å². The summed E-state index contributed by atoms with van der Waals surface area (Å²) in [4.78, 5) is 26.0. The van der Waals surface area contributed by atoms with E-state index in [1.807, 2.05) is 56.3 Å². The van der Waals surface area contributed by atoms with Crippen molar-refractivity contribution in [2.24, 2.45) is 0 Å². The molecule has 178 valence electrons. The third kappa shape index (κ3) is 4.55. The normalized spacial score (nSPS) is 14.7. The van der Waals surface area contributed by atoms with Crippen LogP contribution < -0.4 is 5.32 Å². The van der Waals surface area contributed by atoms with Crippen molar-refractivity contribution in [2.45, 2.75) is 44.8 Å². The van der Waals surface area contributed by atoms with Gasteiger partial charge in [-0.15, -0.1) is 22.7 Å². The lowest BCUT2D eigenvalue weighted by Gasteiger charge is -2.14. The molecule has 1 saturated carbocycles. The Morgan fingerprint density at radius 3 is 2.60 bits per heavy atom. The van der Waals surface area contributed by atoms with Gasteiger partial charge in [-0.05, 0) is 44.4 Å². The monoisotopic (exact) mass is 505 g/mol. The van der Waals surface area contributed by atoms with Gasteiger partial charge < -0.3 is 9.84 Å². The molecule has 0 radical (unpaired) electrons. The van der Waals surface area contributed by atoms with Crippen molar-refractivity contribution in [1.82, 2.24) is 9.78 Å². The molecule has 2 N–H and O–H groups in total. The van der Waals surface area contributed by atoms with E-state index < -0.39 is 23.6 Å². The Hall–Kier alpha value is -3.61. The Morgan fingerprint density at radius 2 is 1.94 bits per heavy atom. The lowest BCUT2D eigenvalue weighted by Crippen LogP contribution is -2.19. The number of fused-ring (bicyclic) bond motifs is 1. The first-order chi connectivity index (χ1) is 16.9. The standard InChI is InChI=1S/C26H23N3O4S2/c1-3-29-23(28-25(32)33-16(2)17-7-5-4-6-8-17)18(15-27-29)9-10-19-13-20-21(34-19)14-22(35-20)26(11-12-26)24(30)31/h4-8,13-16H,3,11-12H2,1-2H3,(H,28,32)(H,30,31). The van der Waals surface area contributed by atoms with Crippen LogP contribution in [0.5, 0.6) is 0 Å². The molecule has 35 heavy (non-hydrogen) atoms. The summed E-state index contributed by atoms with van der Waals surface area (Å²) in [6.45, 7) is 4.32. The number of carboxylic acids is 1. The minimum absolute atomic E-state index is 0.399. The number of aryl methyl sites for hydroxylation is 1. The Kier molecular flexibility index (Phi) is 6.09. The number of nitrogens with one attached hydrogen (secondary N) is 1. The lowest BCUT2D eigenvalue weighted by molar-refractivity contribution is -0.139. The minimum Gasteiger partial charge on any atom is -0.481 e. The number of hydrogen-bond acceptors (Lipinski definition) is 6. The molecule has 0 bridgehead atoms. The molecule has 1 unspecified atom stereocenters. The van der Waals surface area contributed by atoms with E-state index in [2.05, 4.69) is 22.3 Å². The molecular weight excluding hydrogens is 482 g/mol. The second-order valence-electron chi connectivity index (χ2n) is 8.39. The van der Waals surface area contributed by atoms with Crippen molar-refractivity contribution < 1.29 is 19.4 Å². The summed E-state index contributed by atoms with van der Waals surface area (Å²) in [5.41, 5.74) is 0.817. The average molecular weight is 506 g/mol. The fourth-order valence-corrected chi connectivity index (χ4v) is 6.37. The molecule has 3 aromatic heterocycles. The maximum Gasteiger partial charge on any atom is 0.413 e. The first-order valence-electron chi connectivity index (χ1n) is 11.3. The highest BCUT2D eigenvalue weighted by Crippen LogP contribution is 2.52. The molecule has 0 saturated heterocycles. The molecular formula is C26H23N3O4S2. The molecule has 1 amide bonds. The molecule has 1 aromatic carbocycles. The van der Waals surface area contributed by atoms with Gasteiger partial charge in [-0.3, -0.25) is 10.1 Å². The third-order valence-electron chi connectivity index (χ3n) is 6.07. The Morgan fingerprint density at radius 1 is 1.20 bits per heavy atom. The number of carbonyl (C=O) groups is 2. The number of aromatic nitrogens is 2. The molecule has 4 aromatic rings. The first kappa shape index (κ1) is 23.1. The molecule has 0 aliphatic heterocycles. The van der Waals surface area contributed by atoms with Gasteiger partial charge in [0.2, 0.25) is 0 Å². The summed E-state index contributed by atoms with van der Waals surface area (Å²) >= 11 is 3.07. The quantitative estimate of drug-likeness (QED) is 0.313. The number of anilines is 1. The predicted molar refractivity (Wildman–Crippen MR) is 137 cm³/mol. The van der Waals surface area contributed by atoms with E-state index in [0.717, 1.165) is 24.7 Å². The van der Waals surface area contributed by atoms with Crippen LogP contribution in [-0.2, 0) is 21.5 Å². The minimum atomic E-state index is -0.740. The zero-order valence-corrected chi connectivity index (χ0v) is 20.8. The fraction of sp³-hybridized carbons (Fsp3) is 0.269. The van der Waals surface area contributed by atoms with Gasteiger partial charge in [0.05, 0.1) is 16.6 Å². The molecule has 7 nitrogen and oxygen atoms in total. The van der Waals surface area contributed by atoms with Gasteiger partial charge in [0.1, 0.15) is 17.3 Å². The van der Waals surface area contributed by atoms with Crippen LogP contribution in [0.2, 0.25) is 0 Å². The van der Waals surface area contributed by atoms with Gasteiger partial charge in [-0.1, -0.05) is 42.2 Å². The summed E-state index contributed by atoms with van der Waals surface area (Å²) in [7, 11) is 0. The van der Waals surface area contributed by atoms with E-state index in [1.165, 1.54) is 22.7 Å². The number of benzene rings is 1. The highest BCUT2D eigenvalue weighted by Gasteiger charge is 2.53. The van der Waals surface area contributed by atoms with Crippen LogP contribution in [0.3, 0.4) is 0 Å². The number of aliphatic carboxylic acids is 1. The number of ether oxygens (including phenoxy) is 1. The van der Waals surface area contributed by atoms with Crippen LogP contribution in [0.4, 0.5) is 10.6 Å². The Labute approximate surface area is 210 Å². The number of thiophene rings is 2. The van der Waals surface area contributed by atoms with Crippen molar-refractivity contribution in [2.75, 3.05) is 5.32 Å². The highest BCUT2D eigenvalue weighted by atomic mass is 32.1. The maximum atomic E-state index is 12.6. The molecule has 1 aliphatic rings.